The number of aryl methyl sites for hydroxylation is 1. The van der Waals surface area contributed by atoms with E-state index < -0.39 is 16.1 Å². The van der Waals surface area contributed by atoms with E-state index in [1.54, 1.807) is 49.2 Å². The van der Waals surface area contributed by atoms with Gasteiger partial charge in [-0.1, -0.05) is 42.5 Å². The van der Waals surface area contributed by atoms with Gasteiger partial charge in [0.15, 0.2) is 0 Å². The average Bonchev–Trinajstić information content (AvgIpc) is 2.77. The Balaban J connectivity index is 2.06. The summed E-state index contributed by atoms with van der Waals surface area (Å²) in [4.78, 5) is 27.0. The number of carbonyl (C=O) groups excluding carboxylic acids is 2. The standard InChI is InChI=1S/C23H31N3O4S/c1-18-11-8-9-12-20(18)17-26(19(2)23(28)24-3)22(27)15-10-16-25(4)31(29,30)21-13-6-5-7-14-21/h5-9,11-14,19H,10,15-17H2,1-4H3,(H,24,28). The minimum absolute atomic E-state index is 0.141. The second kappa shape index (κ2) is 11.1. The average molecular weight is 446 g/mol. The highest BCUT2D eigenvalue weighted by Gasteiger charge is 2.26. The zero-order chi connectivity index (χ0) is 23.0. The van der Waals surface area contributed by atoms with E-state index >= 15 is 0 Å². The first-order valence-corrected chi connectivity index (χ1v) is 11.7. The van der Waals surface area contributed by atoms with Crippen LogP contribution in [0.4, 0.5) is 0 Å². The molecule has 1 N–H and O–H groups in total. The van der Waals surface area contributed by atoms with E-state index in [9.17, 15) is 18.0 Å². The summed E-state index contributed by atoms with van der Waals surface area (Å²) < 4.78 is 26.5. The number of rotatable bonds is 10. The number of nitrogens with zero attached hydrogens (tertiary/aromatic N) is 2. The molecule has 0 aliphatic rings. The van der Waals surface area contributed by atoms with Gasteiger partial charge in [0.1, 0.15) is 6.04 Å². The van der Waals surface area contributed by atoms with Gasteiger partial charge in [-0.15, -0.1) is 0 Å². The van der Waals surface area contributed by atoms with Gasteiger partial charge in [-0.05, 0) is 43.5 Å². The molecule has 7 nitrogen and oxygen atoms in total. The zero-order valence-electron chi connectivity index (χ0n) is 18.5. The molecule has 0 spiro atoms. The smallest absolute Gasteiger partial charge is 0.242 e. The Morgan fingerprint density at radius 2 is 1.65 bits per heavy atom. The van der Waals surface area contributed by atoms with E-state index in [0.717, 1.165) is 11.1 Å². The molecule has 2 aromatic rings. The Bertz CT molecular complexity index is 993. The normalized spacial score (nSPS) is 12.4. The van der Waals surface area contributed by atoms with Crippen molar-refractivity contribution in [1.29, 1.82) is 0 Å². The van der Waals surface area contributed by atoms with Crippen LogP contribution >= 0.6 is 0 Å². The first-order chi connectivity index (χ1) is 14.7. The molecule has 0 aromatic heterocycles. The van der Waals surface area contributed by atoms with Crippen LogP contribution in [0.25, 0.3) is 0 Å². The van der Waals surface area contributed by atoms with Crippen LogP contribution in [-0.2, 0) is 26.2 Å². The fourth-order valence-electron chi connectivity index (χ4n) is 3.25. The molecule has 0 fully saturated rings. The van der Waals surface area contributed by atoms with Crippen LogP contribution in [0.1, 0.15) is 30.9 Å². The summed E-state index contributed by atoms with van der Waals surface area (Å²) >= 11 is 0. The van der Waals surface area contributed by atoms with Gasteiger partial charge in [-0.3, -0.25) is 9.59 Å². The summed E-state index contributed by atoms with van der Waals surface area (Å²) in [6.45, 7) is 4.18. The number of hydrogen-bond acceptors (Lipinski definition) is 4. The van der Waals surface area contributed by atoms with E-state index in [1.807, 2.05) is 31.2 Å². The first-order valence-electron chi connectivity index (χ1n) is 10.3. The van der Waals surface area contributed by atoms with Crippen LogP contribution in [0.5, 0.6) is 0 Å². The van der Waals surface area contributed by atoms with Gasteiger partial charge in [0.25, 0.3) is 0 Å². The van der Waals surface area contributed by atoms with Gasteiger partial charge in [0.2, 0.25) is 21.8 Å². The second-order valence-corrected chi connectivity index (χ2v) is 9.53. The van der Waals surface area contributed by atoms with Crippen molar-refractivity contribution in [2.75, 3.05) is 20.6 Å². The summed E-state index contributed by atoms with van der Waals surface area (Å²) in [5.74, 6) is -0.435. The van der Waals surface area contributed by atoms with Crippen LogP contribution in [0, 0.1) is 6.92 Å². The third-order valence-electron chi connectivity index (χ3n) is 5.33. The van der Waals surface area contributed by atoms with E-state index in [1.165, 1.54) is 11.4 Å². The molecule has 0 aliphatic carbocycles. The second-order valence-electron chi connectivity index (χ2n) is 7.48. The summed E-state index contributed by atoms with van der Waals surface area (Å²) in [5.41, 5.74) is 2.01. The lowest BCUT2D eigenvalue weighted by Gasteiger charge is -2.29. The van der Waals surface area contributed by atoms with Crippen molar-refractivity contribution >= 4 is 21.8 Å². The molecule has 168 valence electrons. The fraction of sp³-hybridized carbons (Fsp3) is 0.391. The van der Waals surface area contributed by atoms with Crippen molar-refractivity contribution in [2.24, 2.45) is 0 Å². The molecule has 0 aliphatic heterocycles. The number of carbonyl (C=O) groups is 2. The van der Waals surface area contributed by atoms with Gasteiger partial charge >= 0.3 is 0 Å². The highest BCUT2D eigenvalue weighted by atomic mass is 32.2. The molecule has 0 heterocycles. The Kier molecular flexibility index (Phi) is 8.76. The number of amides is 2. The minimum Gasteiger partial charge on any atom is -0.357 e. The molecule has 31 heavy (non-hydrogen) atoms. The molecule has 8 heteroatoms. The summed E-state index contributed by atoms with van der Waals surface area (Å²) in [6, 6.07) is 15.3. The number of hydrogen-bond donors (Lipinski definition) is 1. The Morgan fingerprint density at radius 3 is 2.26 bits per heavy atom. The predicted molar refractivity (Wildman–Crippen MR) is 121 cm³/mol. The molecule has 2 rings (SSSR count). The van der Waals surface area contributed by atoms with Gasteiger partial charge < -0.3 is 10.2 Å². The van der Waals surface area contributed by atoms with E-state index in [2.05, 4.69) is 5.32 Å². The van der Waals surface area contributed by atoms with Crippen LogP contribution in [-0.4, -0.2) is 56.1 Å². The lowest BCUT2D eigenvalue weighted by atomic mass is 10.1. The van der Waals surface area contributed by atoms with E-state index in [-0.39, 0.29) is 29.7 Å². The van der Waals surface area contributed by atoms with Gasteiger partial charge in [0.05, 0.1) is 4.90 Å². The molecular formula is C23H31N3O4S. The third-order valence-corrected chi connectivity index (χ3v) is 7.20. The number of likely N-dealkylation sites (N-methyl/N-ethyl adjacent to an activating group) is 1. The molecule has 1 unspecified atom stereocenters. The Morgan fingerprint density at radius 1 is 1.03 bits per heavy atom. The first kappa shape index (κ1) is 24.6. The molecule has 0 radical (unpaired) electrons. The van der Waals surface area contributed by atoms with Crippen LogP contribution < -0.4 is 5.32 Å². The number of sulfonamides is 1. The van der Waals surface area contributed by atoms with Crippen molar-refractivity contribution in [1.82, 2.24) is 14.5 Å². The molecule has 2 aromatic carbocycles. The molecule has 1 atom stereocenters. The van der Waals surface area contributed by atoms with E-state index in [4.69, 9.17) is 0 Å². The molecule has 2 amide bonds. The molecule has 0 bridgehead atoms. The van der Waals surface area contributed by atoms with Crippen molar-refractivity contribution in [3.05, 3.63) is 65.7 Å². The summed E-state index contributed by atoms with van der Waals surface area (Å²) in [7, 11) is -0.555. The van der Waals surface area contributed by atoms with Gasteiger partial charge in [-0.2, -0.15) is 0 Å². The topological polar surface area (TPSA) is 86.8 Å². The summed E-state index contributed by atoms with van der Waals surface area (Å²) in [5, 5.41) is 2.59. The maximum atomic E-state index is 13.0. The highest BCUT2D eigenvalue weighted by molar-refractivity contribution is 7.89. The van der Waals surface area contributed by atoms with Crippen molar-refractivity contribution in [2.45, 2.75) is 44.2 Å². The van der Waals surface area contributed by atoms with E-state index in [0.29, 0.717) is 13.0 Å². The van der Waals surface area contributed by atoms with Crippen LogP contribution in [0.2, 0.25) is 0 Å². The molecular weight excluding hydrogens is 414 g/mol. The summed E-state index contributed by atoms with van der Waals surface area (Å²) in [6.07, 6.45) is 0.494. The van der Waals surface area contributed by atoms with Crippen LogP contribution in [0.3, 0.4) is 0 Å². The molecule has 0 saturated carbocycles. The largest absolute Gasteiger partial charge is 0.357 e. The maximum absolute atomic E-state index is 13.0. The lowest BCUT2D eigenvalue weighted by molar-refractivity contribution is -0.140. The quantitative estimate of drug-likeness (QED) is 0.609. The predicted octanol–water partition coefficient (Wildman–Crippen LogP) is 2.56. The number of benzene rings is 2. The van der Waals surface area contributed by atoms with Crippen molar-refractivity contribution < 1.29 is 18.0 Å². The lowest BCUT2D eigenvalue weighted by Crippen LogP contribution is -2.46. The van der Waals surface area contributed by atoms with Crippen molar-refractivity contribution in [3.8, 4) is 0 Å². The van der Waals surface area contributed by atoms with Crippen molar-refractivity contribution in [3.63, 3.8) is 0 Å². The third kappa shape index (κ3) is 6.38. The number of nitrogens with one attached hydrogen (secondary N) is 1. The SMILES string of the molecule is CNC(=O)C(C)N(Cc1ccccc1C)C(=O)CCCN(C)S(=O)(=O)c1ccccc1. The maximum Gasteiger partial charge on any atom is 0.242 e. The van der Waals surface area contributed by atoms with Gasteiger partial charge in [0, 0.05) is 33.6 Å². The minimum atomic E-state index is -3.60. The van der Waals surface area contributed by atoms with Crippen LogP contribution in [0.15, 0.2) is 59.5 Å². The molecule has 0 saturated heterocycles. The highest BCUT2D eigenvalue weighted by Crippen LogP contribution is 2.17. The zero-order valence-corrected chi connectivity index (χ0v) is 19.4. The fourth-order valence-corrected chi connectivity index (χ4v) is 4.48. The monoisotopic (exact) mass is 445 g/mol. The Labute approximate surface area is 185 Å². The van der Waals surface area contributed by atoms with Gasteiger partial charge in [-0.25, -0.2) is 12.7 Å². The Hall–Kier alpha value is -2.71.